The number of primary amides is 1. The summed E-state index contributed by atoms with van der Waals surface area (Å²) in [4.78, 5) is 16.7. The topological polar surface area (TPSA) is 68.0 Å². The number of benzene rings is 2. The number of anilines is 2. The molecule has 110 valence electrons. The minimum atomic E-state index is -0.475. The molecule has 0 fully saturated rings. The average molecular weight is 374 g/mol. The van der Waals surface area contributed by atoms with Crippen molar-refractivity contribution in [1.82, 2.24) is 4.98 Å². The maximum absolute atomic E-state index is 11.7. The summed E-state index contributed by atoms with van der Waals surface area (Å²) in [5.74, 6) is -0.475. The molecule has 0 saturated carbocycles. The summed E-state index contributed by atoms with van der Waals surface area (Å²) in [6.07, 6.45) is 0. The summed E-state index contributed by atoms with van der Waals surface area (Å²) < 4.78 is 0.923. The maximum atomic E-state index is 11.7. The van der Waals surface area contributed by atoms with E-state index in [1.54, 1.807) is 0 Å². The number of nitrogens with two attached hydrogens (primary N) is 1. The molecule has 0 bridgehead atoms. The van der Waals surface area contributed by atoms with Gasteiger partial charge in [0.1, 0.15) is 4.88 Å². The molecule has 4 nitrogen and oxygen atoms in total. The van der Waals surface area contributed by atoms with Gasteiger partial charge in [0.05, 0.1) is 11.4 Å². The highest BCUT2D eigenvalue weighted by molar-refractivity contribution is 9.10. The van der Waals surface area contributed by atoms with E-state index in [0.29, 0.717) is 15.7 Å². The summed E-state index contributed by atoms with van der Waals surface area (Å²) in [7, 11) is 0. The number of aromatic nitrogens is 1. The molecule has 3 rings (SSSR count). The van der Waals surface area contributed by atoms with Crippen LogP contribution in [0.25, 0.3) is 11.3 Å². The minimum absolute atomic E-state index is 0.445. The molecule has 0 aliphatic heterocycles. The molecule has 0 spiro atoms. The van der Waals surface area contributed by atoms with E-state index in [-0.39, 0.29) is 0 Å². The zero-order valence-electron chi connectivity index (χ0n) is 11.4. The number of halogens is 1. The van der Waals surface area contributed by atoms with Gasteiger partial charge in [0.15, 0.2) is 5.13 Å². The Morgan fingerprint density at radius 3 is 2.45 bits per heavy atom. The largest absolute Gasteiger partial charge is 0.365 e. The fraction of sp³-hybridized carbons (Fsp3) is 0. The number of nitrogens with zero attached hydrogens (tertiary/aromatic N) is 1. The second-order valence-electron chi connectivity index (χ2n) is 4.53. The number of carbonyl (C=O) groups is 1. The predicted molar refractivity (Wildman–Crippen MR) is 93.5 cm³/mol. The summed E-state index contributed by atoms with van der Waals surface area (Å²) in [6.45, 7) is 0. The van der Waals surface area contributed by atoms with Crippen LogP contribution in [0.3, 0.4) is 0 Å². The van der Waals surface area contributed by atoms with Crippen LogP contribution in [0.1, 0.15) is 9.67 Å². The van der Waals surface area contributed by atoms with Crippen molar-refractivity contribution in [3.05, 3.63) is 63.9 Å². The first-order valence-electron chi connectivity index (χ1n) is 6.53. The van der Waals surface area contributed by atoms with Crippen LogP contribution in [0.4, 0.5) is 10.8 Å². The quantitative estimate of drug-likeness (QED) is 0.711. The van der Waals surface area contributed by atoms with Crippen LogP contribution in [0, 0.1) is 0 Å². The summed E-state index contributed by atoms with van der Waals surface area (Å²) in [5.41, 5.74) is 7.84. The zero-order valence-corrected chi connectivity index (χ0v) is 13.8. The molecule has 0 aliphatic rings. The fourth-order valence-corrected chi connectivity index (χ4v) is 3.25. The van der Waals surface area contributed by atoms with E-state index in [9.17, 15) is 4.79 Å². The minimum Gasteiger partial charge on any atom is -0.365 e. The van der Waals surface area contributed by atoms with Crippen molar-refractivity contribution in [3.8, 4) is 11.3 Å². The number of hydrogen-bond acceptors (Lipinski definition) is 4. The Morgan fingerprint density at radius 2 is 1.77 bits per heavy atom. The van der Waals surface area contributed by atoms with Gasteiger partial charge in [0.2, 0.25) is 0 Å². The first kappa shape index (κ1) is 14.7. The average Bonchev–Trinajstić information content (AvgIpc) is 2.95. The highest BCUT2D eigenvalue weighted by Gasteiger charge is 2.17. The van der Waals surface area contributed by atoms with Crippen LogP contribution in [0.5, 0.6) is 0 Å². The van der Waals surface area contributed by atoms with Crippen molar-refractivity contribution in [3.63, 3.8) is 0 Å². The van der Waals surface area contributed by atoms with Gasteiger partial charge in [-0.05, 0) is 28.1 Å². The molecule has 22 heavy (non-hydrogen) atoms. The highest BCUT2D eigenvalue weighted by Crippen LogP contribution is 2.33. The third-order valence-electron chi connectivity index (χ3n) is 3.01. The molecular formula is C16H12BrN3OS. The number of amides is 1. The van der Waals surface area contributed by atoms with Crippen molar-refractivity contribution in [2.75, 3.05) is 5.32 Å². The van der Waals surface area contributed by atoms with Gasteiger partial charge >= 0.3 is 0 Å². The van der Waals surface area contributed by atoms with Gasteiger partial charge < -0.3 is 11.1 Å². The summed E-state index contributed by atoms with van der Waals surface area (Å²) in [5, 5.41) is 3.83. The number of hydrogen-bond donors (Lipinski definition) is 2. The second-order valence-corrected chi connectivity index (χ2v) is 6.39. The lowest BCUT2D eigenvalue weighted by molar-refractivity contribution is 0.100. The van der Waals surface area contributed by atoms with Crippen LogP contribution in [-0.4, -0.2) is 10.9 Å². The molecule has 3 N–H and O–H groups in total. The number of carbonyl (C=O) groups excluding carboxylic acids is 1. The van der Waals surface area contributed by atoms with Gasteiger partial charge in [-0.3, -0.25) is 4.79 Å². The van der Waals surface area contributed by atoms with Crippen molar-refractivity contribution >= 4 is 44.0 Å². The second kappa shape index (κ2) is 6.29. The van der Waals surface area contributed by atoms with E-state index in [1.807, 2.05) is 54.6 Å². The van der Waals surface area contributed by atoms with Gasteiger partial charge in [-0.15, -0.1) is 0 Å². The van der Waals surface area contributed by atoms with Crippen LogP contribution >= 0.6 is 27.3 Å². The molecule has 1 aromatic heterocycles. The number of thiazole rings is 1. The van der Waals surface area contributed by atoms with Crippen molar-refractivity contribution < 1.29 is 4.79 Å². The van der Waals surface area contributed by atoms with Crippen molar-refractivity contribution in [2.24, 2.45) is 5.73 Å². The Kier molecular flexibility index (Phi) is 4.22. The monoisotopic (exact) mass is 373 g/mol. The lowest BCUT2D eigenvalue weighted by Crippen LogP contribution is -2.10. The predicted octanol–water partition coefficient (Wildman–Crippen LogP) is 4.42. The molecule has 3 aromatic rings. The zero-order chi connectivity index (χ0) is 15.5. The highest BCUT2D eigenvalue weighted by atomic mass is 79.9. The molecule has 1 heterocycles. The van der Waals surface area contributed by atoms with Crippen molar-refractivity contribution in [2.45, 2.75) is 0 Å². The molecule has 0 saturated heterocycles. The molecule has 1 amide bonds. The van der Waals surface area contributed by atoms with Crippen molar-refractivity contribution in [1.29, 1.82) is 0 Å². The van der Waals surface area contributed by atoms with Gasteiger partial charge in [0, 0.05) is 10.0 Å². The number of rotatable bonds is 4. The molecule has 0 atom stereocenters. The van der Waals surface area contributed by atoms with E-state index < -0.39 is 5.91 Å². The van der Waals surface area contributed by atoms with Crippen LogP contribution in [0.15, 0.2) is 59.1 Å². The number of para-hydroxylation sites is 1. The summed E-state index contributed by atoms with van der Waals surface area (Å²) >= 11 is 4.72. The Labute approximate surface area is 140 Å². The molecule has 0 radical (unpaired) electrons. The molecular weight excluding hydrogens is 362 g/mol. The Hall–Kier alpha value is -2.18. The van der Waals surface area contributed by atoms with E-state index in [0.717, 1.165) is 15.7 Å². The van der Waals surface area contributed by atoms with Gasteiger partial charge in [0.25, 0.3) is 5.91 Å². The molecule has 0 aliphatic carbocycles. The summed E-state index contributed by atoms with van der Waals surface area (Å²) in [6, 6.07) is 17.3. The van der Waals surface area contributed by atoms with Crippen LogP contribution < -0.4 is 11.1 Å². The SMILES string of the molecule is NC(=O)c1sc(Nc2ccccc2Br)nc1-c1ccccc1. The Balaban J connectivity index is 2.01. The molecule has 0 unspecified atom stereocenters. The van der Waals surface area contributed by atoms with Gasteiger partial charge in [-0.1, -0.05) is 53.8 Å². The van der Waals surface area contributed by atoms with Crippen LogP contribution in [-0.2, 0) is 0 Å². The normalized spacial score (nSPS) is 10.4. The molecule has 2 aromatic carbocycles. The molecule has 6 heteroatoms. The third kappa shape index (κ3) is 3.03. The first-order valence-corrected chi connectivity index (χ1v) is 8.13. The maximum Gasteiger partial charge on any atom is 0.261 e. The first-order chi connectivity index (χ1) is 10.6. The lowest BCUT2D eigenvalue weighted by Gasteiger charge is -2.04. The van der Waals surface area contributed by atoms with Gasteiger partial charge in [-0.2, -0.15) is 0 Å². The Bertz CT molecular complexity index is 817. The third-order valence-corrected chi connectivity index (χ3v) is 4.69. The number of nitrogens with one attached hydrogen (secondary N) is 1. The van der Waals surface area contributed by atoms with E-state index in [1.165, 1.54) is 11.3 Å². The van der Waals surface area contributed by atoms with E-state index in [4.69, 9.17) is 5.73 Å². The van der Waals surface area contributed by atoms with E-state index >= 15 is 0 Å². The van der Waals surface area contributed by atoms with Crippen LogP contribution in [0.2, 0.25) is 0 Å². The standard InChI is InChI=1S/C16H12BrN3OS/c17-11-8-4-5-9-12(11)19-16-20-13(14(22-16)15(18)21)10-6-2-1-3-7-10/h1-9H,(H2,18,21)(H,19,20). The smallest absolute Gasteiger partial charge is 0.261 e. The fourth-order valence-electron chi connectivity index (χ4n) is 2.01. The Morgan fingerprint density at radius 1 is 1.09 bits per heavy atom. The lowest BCUT2D eigenvalue weighted by atomic mass is 10.1. The van der Waals surface area contributed by atoms with Gasteiger partial charge in [-0.25, -0.2) is 4.98 Å². The van der Waals surface area contributed by atoms with E-state index in [2.05, 4.69) is 26.2 Å².